The van der Waals surface area contributed by atoms with E-state index in [-0.39, 0.29) is 0 Å². The van der Waals surface area contributed by atoms with E-state index in [2.05, 4.69) is 181 Å². The predicted octanol–water partition coefficient (Wildman–Crippen LogP) is 16.0. The van der Waals surface area contributed by atoms with E-state index < -0.39 is 0 Å². The number of benzene rings is 10. The predicted molar refractivity (Wildman–Crippen MR) is 264 cm³/mol. The average Bonchev–Trinajstić information content (AvgIpc) is 3.71. The van der Waals surface area contributed by atoms with Crippen LogP contribution in [0.5, 0.6) is 0 Å². The molecule has 0 bridgehead atoms. The molecular formula is C60H36N4. The van der Waals surface area contributed by atoms with Crippen molar-refractivity contribution in [2.45, 2.75) is 0 Å². The van der Waals surface area contributed by atoms with E-state index >= 15 is 0 Å². The Bertz CT molecular complexity index is 3660. The number of aromatic nitrogens is 3. The van der Waals surface area contributed by atoms with Gasteiger partial charge in [-0.25, -0.2) is 19.8 Å². The van der Waals surface area contributed by atoms with Crippen LogP contribution in [0.2, 0.25) is 0 Å². The minimum absolute atomic E-state index is 0.568. The number of fused-ring (bicyclic) bond motifs is 4. The number of hydrogen-bond acceptors (Lipinski definition) is 3. The number of nitrogens with zero attached hydrogens (tertiary/aromatic N) is 4. The van der Waals surface area contributed by atoms with Gasteiger partial charge in [-0.1, -0.05) is 200 Å². The summed E-state index contributed by atoms with van der Waals surface area (Å²) in [6, 6.07) is 76.4. The van der Waals surface area contributed by atoms with Crippen molar-refractivity contribution in [3.63, 3.8) is 0 Å². The molecule has 0 spiro atoms. The number of hydrogen-bond donors (Lipinski definition) is 0. The summed E-state index contributed by atoms with van der Waals surface area (Å²) in [6.07, 6.45) is 0. The third-order valence-electron chi connectivity index (χ3n) is 12.5. The summed E-state index contributed by atoms with van der Waals surface area (Å²) in [6.45, 7) is 8.04. The molecule has 0 N–H and O–H groups in total. The van der Waals surface area contributed by atoms with Crippen LogP contribution in [-0.2, 0) is 0 Å². The van der Waals surface area contributed by atoms with Gasteiger partial charge in [-0.3, -0.25) is 0 Å². The average molecular weight is 813 g/mol. The fourth-order valence-electron chi connectivity index (χ4n) is 9.55. The second-order valence-electron chi connectivity index (χ2n) is 16.2. The zero-order chi connectivity index (χ0) is 42.6. The van der Waals surface area contributed by atoms with Gasteiger partial charge >= 0.3 is 0 Å². The van der Waals surface area contributed by atoms with Crippen molar-refractivity contribution >= 4 is 27.2 Å². The minimum atomic E-state index is 0.568. The zero-order valence-electron chi connectivity index (χ0n) is 34.6. The molecule has 64 heavy (non-hydrogen) atoms. The highest BCUT2D eigenvalue weighted by Crippen LogP contribution is 2.50. The first kappa shape index (κ1) is 37.0. The van der Waals surface area contributed by atoms with E-state index in [0.717, 1.165) is 55.6 Å². The van der Waals surface area contributed by atoms with Crippen LogP contribution < -0.4 is 0 Å². The third-order valence-corrected chi connectivity index (χ3v) is 12.5. The van der Waals surface area contributed by atoms with Crippen LogP contribution in [0.3, 0.4) is 0 Å². The van der Waals surface area contributed by atoms with Gasteiger partial charge in [-0.15, -0.1) is 0 Å². The Labute approximate surface area is 371 Å². The van der Waals surface area contributed by atoms with Crippen molar-refractivity contribution in [1.29, 1.82) is 0 Å². The quantitative estimate of drug-likeness (QED) is 0.151. The van der Waals surface area contributed by atoms with Gasteiger partial charge < -0.3 is 0 Å². The second-order valence-corrected chi connectivity index (χ2v) is 16.2. The van der Waals surface area contributed by atoms with Gasteiger partial charge in [0.2, 0.25) is 0 Å². The maximum absolute atomic E-state index is 8.04. The van der Waals surface area contributed by atoms with E-state index in [9.17, 15) is 0 Å². The Kier molecular flexibility index (Phi) is 8.84. The summed E-state index contributed by atoms with van der Waals surface area (Å²) in [5, 5.41) is 4.90. The molecule has 0 amide bonds. The zero-order valence-corrected chi connectivity index (χ0v) is 34.6. The fraction of sp³-hybridized carbons (Fsp3) is 0. The second kappa shape index (κ2) is 15.3. The Balaban J connectivity index is 0.993. The Morgan fingerprint density at radius 3 is 1.41 bits per heavy atom. The molecule has 0 fully saturated rings. The lowest BCUT2D eigenvalue weighted by molar-refractivity contribution is 1.07. The number of rotatable bonds is 7. The summed E-state index contributed by atoms with van der Waals surface area (Å²) >= 11 is 0. The topological polar surface area (TPSA) is 43.0 Å². The van der Waals surface area contributed by atoms with E-state index in [4.69, 9.17) is 21.5 Å². The van der Waals surface area contributed by atoms with Crippen molar-refractivity contribution in [1.82, 2.24) is 15.0 Å². The minimum Gasteiger partial charge on any atom is -0.238 e. The molecule has 0 aliphatic heterocycles. The third kappa shape index (κ3) is 6.26. The Morgan fingerprint density at radius 2 is 0.703 bits per heavy atom. The van der Waals surface area contributed by atoms with Crippen LogP contribution in [0.4, 0.5) is 5.69 Å². The molecule has 0 saturated heterocycles. The SMILES string of the molecule is [C-]#[N+]c1ccc(-c2ccccc2-c2ccc3c4c(cccc24)-c2ccccc2-3)c(-c2cccc(-c3nc(-c4ccccc4)nc(-c4cccc(-c5cccc6ccccc56)c4)n3)c2)c1. The van der Waals surface area contributed by atoms with Crippen molar-refractivity contribution in [3.05, 3.63) is 230 Å². The van der Waals surface area contributed by atoms with Gasteiger partial charge in [0.1, 0.15) is 0 Å². The molecule has 1 aliphatic carbocycles. The molecule has 11 aromatic rings. The lowest BCUT2D eigenvalue weighted by Gasteiger charge is -2.17. The van der Waals surface area contributed by atoms with Crippen LogP contribution in [0, 0.1) is 6.57 Å². The lowest BCUT2D eigenvalue weighted by Crippen LogP contribution is -2.00. The molecule has 296 valence electrons. The molecule has 4 heteroatoms. The van der Waals surface area contributed by atoms with Crippen LogP contribution in [0.25, 0.3) is 127 Å². The van der Waals surface area contributed by atoms with Crippen LogP contribution in [0.15, 0.2) is 218 Å². The van der Waals surface area contributed by atoms with Gasteiger partial charge in [-0.2, -0.15) is 0 Å². The normalized spacial score (nSPS) is 11.4. The van der Waals surface area contributed by atoms with E-state index in [1.165, 1.54) is 49.4 Å². The first-order chi connectivity index (χ1) is 31.7. The highest BCUT2D eigenvalue weighted by atomic mass is 15.0. The Hall–Kier alpha value is -8.78. The van der Waals surface area contributed by atoms with Crippen LogP contribution in [0.1, 0.15) is 0 Å². The van der Waals surface area contributed by atoms with Crippen LogP contribution in [-0.4, -0.2) is 15.0 Å². The molecule has 1 aliphatic rings. The molecule has 12 rings (SSSR count). The summed E-state index contributed by atoms with van der Waals surface area (Å²) < 4.78 is 0. The fourth-order valence-corrected chi connectivity index (χ4v) is 9.55. The highest BCUT2D eigenvalue weighted by Gasteiger charge is 2.24. The summed E-state index contributed by atoms with van der Waals surface area (Å²) in [7, 11) is 0. The molecule has 0 atom stereocenters. The molecule has 4 nitrogen and oxygen atoms in total. The molecular weight excluding hydrogens is 777 g/mol. The van der Waals surface area contributed by atoms with E-state index in [0.29, 0.717) is 23.2 Å². The van der Waals surface area contributed by atoms with Crippen molar-refractivity contribution < 1.29 is 0 Å². The van der Waals surface area contributed by atoms with Crippen molar-refractivity contribution in [2.24, 2.45) is 0 Å². The smallest absolute Gasteiger partial charge is 0.187 e. The molecule has 0 unspecified atom stereocenters. The maximum atomic E-state index is 8.04. The van der Waals surface area contributed by atoms with Crippen molar-refractivity contribution in [3.8, 4) is 101 Å². The standard InChI is InChI=1S/C60H36N4/c1-61-44-31-32-52(48-25-8-7-24-47(48)51-33-34-55-50-27-10-9-26-49(50)53-29-14-30-54(51)57(53)55)56(37-44)41-20-12-22-43(36-41)60-63-58(39-16-3-2-4-17-39)62-59(64-60)42-21-11-19-40(35-42)46-28-13-18-38-15-5-6-23-45(38)46/h2-37H. The van der Waals surface area contributed by atoms with E-state index in [1.807, 2.05) is 42.5 Å². The summed E-state index contributed by atoms with van der Waals surface area (Å²) in [4.78, 5) is 19.3. The van der Waals surface area contributed by atoms with Gasteiger partial charge in [0.05, 0.1) is 6.57 Å². The lowest BCUT2D eigenvalue weighted by atomic mass is 9.86. The van der Waals surface area contributed by atoms with E-state index in [1.54, 1.807) is 0 Å². The monoisotopic (exact) mass is 812 g/mol. The van der Waals surface area contributed by atoms with Crippen molar-refractivity contribution in [2.75, 3.05) is 0 Å². The molecule has 10 aromatic carbocycles. The van der Waals surface area contributed by atoms with Gasteiger partial charge in [-0.05, 0) is 107 Å². The maximum Gasteiger partial charge on any atom is 0.187 e. The van der Waals surface area contributed by atoms with Gasteiger partial charge in [0.15, 0.2) is 23.2 Å². The molecule has 1 aromatic heterocycles. The molecule has 0 radical (unpaired) electrons. The molecule has 1 heterocycles. The first-order valence-corrected chi connectivity index (χ1v) is 21.5. The van der Waals surface area contributed by atoms with Gasteiger partial charge in [0, 0.05) is 16.7 Å². The Morgan fingerprint density at radius 1 is 0.281 bits per heavy atom. The molecule has 0 saturated carbocycles. The first-order valence-electron chi connectivity index (χ1n) is 21.5. The summed E-state index contributed by atoms with van der Waals surface area (Å²) in [5.41, 5.74) is 16.9. The van der Waals surface area contributed by atoms with Crippen LogP contribution >= 0.6 is 0 Å². The highest BCUT2D eigenvalue weighted by molar-refractivity contribution is 6.19. The summed E-state index contributed by atoms with van der Waals surface area (Å²) in [5.74, 6) is 1.76. The van der Waals surface area contributed by atoms with Gasteiger partial charge in [0.25, 0.3) is 0 Å². The largest absolute Gasteiger partial charge is 0.238 e.